The molecule has 0 saturated carbocycles. The number of halogens is 1. The van der Waals surface area contributed by atoms with Gasteiger partial charge in [0.25, 0.3) is 10.2 Å². The Bertz CT molecular complexity index is 1120. The molecule has 0 spiro atoms. The largest absolute Gasteiger partial charge is 0.345 e. The van der Waals surface area contributed by atoms with Crippen molar-refractivity contribution in [1.29, 1.82) is 0 Å². The van der Waals surface area contributed by atoms with Crippen LogP contribution >= 0.6 is 0 Å². The lowest BCUT2D eigenvalue weighted by atomic mass is 9.80. The van der Waals surface area contributed by atoms with Crippen LogP contribution in [0.4, 0.5) is 4.39 Å². The summed E-state index contributed by atoms with van der Waals surface area (Å²) in [7, 11) is -4.33. The molecule has 0 radical (unpaired) electrons. The van der Waals surface area contributed by atoms with Crippen LogP contribution in [-0.4, -0.2) is 41.2 Å². The van der Waals surface area contributed by atoms with Crippen molar-refractivity contribution in [2.75, 3.05) is 6.54 Å². The van der Waals surface area contributed by atoms with Gasteiger partial charge in [-0.05, 0) is 24.1 Å². The Kier molecular flexibility index (Phi) is 4.10. The van der Waals surface area contributed by atoms with Gasteiger partial charge in [0, 0.05) is 29.9 Å². The minimum absolute atomic E-state index is 0.127. The number of carbonyl (C=O) groups excluding carboxylic acids is 1. The van der Waals surface area contributed by atoms with E-state index in [9.17, 15) is 13.2 Å². The molecule has 1 aromatic carbocycles. The molecule has 1 saturated heterocycles. The maximum atomic E-state index is 15.3. The highest BCUT2D eigenvalue weighted by Gasteiger charge is 2.60. The zero-order chi connectivity index (χ0) is 19.2. The number of nitrogens with zero attached hydrogens (tertiary/aromatic N) is 2. The van der Waals surface area contributed by atoms with Crippen LogP contribution in [0, 0.1) is 0 Å². The molecule has 4 rings (SSSR count). The van der Waals surface area contributed by atoms with Gasteiger partial charge in [-0.15, -0.1) is 0 Å². The van der Waals surface area contributed by atoms with E-state index in [-0.39, 0.29) is 24.1 Å². The summed E-state index contributed by atoms with van der Waals surface area (Å²) >= 11 is 0. The van der Waals surface area contributed by atoms with E-state index in [1.807, 2.05) is 0 Å². The highest BCUT2D eigenvalue weighted by molar-refractivity contribution is 7.86. The second-order valence-corrected chi connectivity index (χ2v) is 7.91. The smallest absolute Gasteiger partial charge is 0.278 e. The van der Waals surface area contributed by atoms with Crippen molar-refractivity contribution in [3.05, 3.63) is 66.0 Å². The van der Waals surface area contributed by atoms with Crippen LogP contribution in [-0.2, 0) is 15.7 Å². The van der Waals surface area contributed by atoms with Crippen LogP contribution in [0.15, 0.2) is 54.9 Å². The number of Topliss-reactive ketones (excluding diaryl/α,β-unsaturated/α-hetero) is 1. The second kappa shape index (κ2) is 6.22. The average Bonchev–Trinajstić information content (AvgIpc) is 3.23. The van der Waals surface area contributed by atoms with Gasteiger partial charge >= 0.3 is 0 Å². The molecule has 3 N–H and O–H groups in total. The first-order chi connectivity index (χ1) is 12.9. The van der Waals surface area contributed by atoms with Gasteiger partial charge in [0.05, 0.1) is 0 Å². The SMILES string of the molecule is NS(=O)(=O)N1CCC(F)C1(C(=O)c1c[nH]c2ncccc12)c1ccccc1. The summed E-state index contributed by atoms with van der Waals surface area (Å²) in [5.41, 5.74) is -1.19. The minimum Gasteiger partial charge on any atom is -0.345 e. The van der Waals surface area contributed by atoms with Gasteiger partial charge in [-0.1, -0.05) is 30.3 Å². The summed E-state index contributed by atoms with van der Waals surface area (Å²) in [5.74, 6) is -0.674. The molecular formula is C18H17FN4O3S. The van der Waals surface area contributed by atoms with Crippen molar-refractivity contribution in [3.8, 4) is 0 Å². The predicted octanol–water partition coefficient (Wildman–Crippen LogP) is 1.89. The number of H-pyrrole nitrogens is 1. The van der Waals surface area contributed by atoms with Crippen LogP contribution in [0.25, 0.3) is 11.0 Å². The quantitative estimate of drug-likeness (QED) is 0.665. The fourth-order valence-corrected chi connectivity index (χ4v) is 4.92. The third-order valence-electron chi connectivity index (χ3n) is 5.00. The predicted molar refractivity (Wildman–Crippen MR) is 97.9 cm³/mol. The normalized spacial score (nSPS) is 23.7. The fourth-order valence-electron chi connectivity index (χ4n) is 3.85. The molecule has 2 atom stereocenters. The van der Waals surface area contributed by atoms with Gasteiger partial charge < -0.3 is 4.98 Å². The summed E-state index contributed by atoms with van der Waals surface area (Å²) < 4.78 is 40.7. The van der Waals surface area contributed by atoms with Crippen molar-refractivity contribution >= 4 is 27.0 Å². The van der Waals surface area contributed by atoms with E-state index in [2.05, 4.69) is 9.97 Å². The van der Waals surface area contributed by atoms with Crippen LogP contribution in [0.2, 0.25) is 0 Å². The van der Waals surface area contributed by atoms with Crippen LogP contribution in [0.5, 0.6) is 0 Å². The van der Waals surface area contributed by atoms with Gasteiger partial charge in [-0.2, -0.15) is 12.7 Å². The van der Waals surface area contributed by atoms with Crippen LogP contribution in [0.1, 0.15) is 22.3 Å². The second-order valence-electron chi connectivity index (χ2n) is 6.44. The zero-order valence-corrected chi connectivity index (χ0v) is 15.0. The molecule has 3 aromatic rings. The number of ketones is 1. The molecule has 27 heavy (non-hydrogen) atoms. The first-order valence-corrected chi connectivity index (χ1v) is 9.84. The van der Waals surface area contributed by atoms with E-state index in [1.54, 1.807) is 48.7 Å². The number of alkyl halides is 1. The maximum Gasteiger partial charge on any atom is 0.278 e. The molecule has 0 bridgehead atoms. The molecule has 9 heteroatoms. The molecular weight excluding hydrogens is 371 g/mol. The number of aromatic nitrogens is 2. The highest BCUT2D eigenvalue weighted by atomic mass is 32.2. The number of hydrogen-bond donors (Lipinski definition) is 2. The van der Waals surface area contributed by atoms with E-state index in [1.165, 1.54) is 6.20 Å². The number of hydrogen-bond acceptors (Lipinski definition) is 4. The molecule has 140 valence electrons. The van der Waals surface area contributed by atoms with Gasteiger partial charge in [-0.25, -0.2) is 14.5 Å². The van der Waals surface area contributed by atoms with Crippen molar-refractivity contribution in [2.24, 2.45) is 5.14 Å². The van der Waals surface area contributed by atoms with Crippen molar-refractivity contribution < 1.29 is 17.6 Å². The summed E-state index contributed by atoms with van der Waals surface area (Å²) in [4.78, 5) is 20.7. The molecule has 7 nitrogen and oxygen atoms in total. The molecule has 0 amide bonds. The van der Waals surface area contributed by atoms with Crippen molar-refractivity contribution in [1.82, 2.24) is 14.3 Å². The molecule has 0 aliphatic carbocycles. The molecule has 2 unspecified atom stereocenters. The number of carbonyl (C=O) groups is 1. The lowest BCUT2D eigenvalue weighted by molar-refractivity contribution is 0.0662. The number of nitrogens with two attached hydrogens (primary N) is 1. The highest BCUT2D eigenvalue weighted by Crippen LogP contribution is 2.45. The van der Waals surface area contributed by atoms with Gasteiger partial charge in [0.1, 0.15) is 11.8 Å². The molecule has 3 heterocycles. The minimum atomic E-state index is -4.33. The number of rotatable bonds is 4. The Morgan fingerprint density at radius 3 is 2.70 bits per heavy atom. The van der Waals surface area contributed by atoms with E-state index in [0.717, 1.165) is 4.31 Å². The van der Waals surface area contributed by atoms with E-state index in [4.69, 9.17) is 5.14 Å². The maximum absolute atomic E-state index is 15.3. The van der Waals surface area contributed by atoms with Gasteiger partial charge in [0.2, 0.25) is 0 Å². The number of nitrogens with one attached hydrogen (secondary N) is 1. The third-order valence-corrected chi connectivity index (χ3v) is 6.08. The fraction of sp³-hybridized carbons (Fsp3) is 0.222. The van der Waals surface area contributed by atoms with Crippen LogP contribution < -0.4 is 5.14 Å². The van der Waals surface area contributed by atoms with Gasteiger partial charge in [0.15, 0.2) is 11.3 Å². The number of benzene rings is 1. The number of fused-ring (bicyclic) bond motifs is 1. The molecule has 1 fully saturated rings. The Hall–Kier alpha value is -2.62. The van der Waals surface area contributed by atoms with Crippen molar-refractivity contribution in [2.45, 2.75) is 18.1 Å². The average molecular weight is 388 g/mol. The summed E-state index contributed by atoms with van der Waals surface area (Å²) in [5, 5.41) is 5.87. The standard InChI is InChI=1S/C18H17FN4O3S/c19-15-8-10-23(27(20,25)26)18(15,12-5-2-1-3-6-12)16(24)14-11-22-17-13(14)7-4-9-21-17/h1-7,9,11,15H,8,10H2,(H,21,22)(H2,20,25,26). The van der Waals surface area contributed by atoms with Crippen LogP contribution in [0.3, 0.4) is 0 Å². The van der Waals surface area contributed by atoms with E-state index in [0.29, 0.717) is 11.0 Å². The topological polar surface area (TPSA) is 109 Å². The number of aromatic amines is 1. The van der Waals surface area contributed by atoms with Crippen molar-refractivity contribution in [3.63, 3.8) is 0 Å². The molecule has 2 aromatic heterocycles. The summed E-state index contributed by atoms with van der Waals surface area (Å²) in [6.07, 6.45) is 1.12. The first kappa shape index (κ1) is 17.8. The Balaban J connectivity index is 2.00. The van der Waals surface area contributed by atoms with E-state index >= 15 is 4.39 Å². The Morgan fingerprint density at radius 1 is 1.26 bits per heavy atom. The zero-order valence-electron chi connectivity index (χ0n) is 14.2. The first-order valence-electron chi connectivity index (χ1n) is 8.34. The Morgan fingerprint density at radius 2 is 2.00 bits per heavy atom. The van der Waals surface area contributed by atoms with Gasteiger partial charge in [-0.3, -0.25) is 4.79 Å². The monoisotopic (exact) mass is 388 g/mol. The number of pyridine rings is 1. The third kappa shape index (κ3) is 2.58. The lowest BCUT2D eigenvalue weighted by Crippen LogP contribution is -2.56. The molecule has 1 aliphatic rings. The summed E-state index contributed by atoms with van der Waals surface area (Å²) in [6.45, 7) is -0.179. The molecule has 1 aliphatic heterocycles. The Labute approximate surface area is 155 Å². The lowest BCUT2D eigenvalue weighted by Gasteiger charge is -2.36. The summed E-state index contributed by atoms with van der Waals surface area (Å²) in [6, 6.07) is 11.4. The van der Waals surface area contributed by atoms with E-state index < -0.39 is 27.7 Å².